The SMILES string of the molecule is O=C1c2ccc(F)cc2CN2/C(=N/O)CCC12. The van der Waals surface area contributed by atoms with Crippen molar-refractivity contribution in [3.8, 4) is 0 Å². The first-order valence-corrected chi connectivity index (χ1v) is 5.51. The van der Waals surface area contributed by atoms with E-state index in [0.29, 0.717) is 36.3 Å². The van der Waals surface area contributed by atoms with Gasteiger partial charge in [-0.2, -0.15) is 0 Å². The molecule has 1 atom stereocenters. The van der Waals surface area contributed by atoms with Crippen molar-refractivity contribution in [2.75, 3.05) is 0 Å². The number of fused-ring (bicyclic) bond motifs is 2. The van der Waals surface area contributed by atoms with Crippen LogP contribution in [0.1, 0.15) is 28.8 Å². The summed E-state index contributed by atoms with van der Waals surface area (Å²) in [4.78, 5) is 13.9. The first kappa shape index (κ1) is 10.3. The topological polar surface area (TPSA) is 52.9 Å². The number of halogens is 1. The number of oxime groups is 1. The highest BCUT2D eigenvalue weighted by molar-refractivity contribution is 6.06. The van der Waals surface area contributed by atoms with Crippen molar-refractivity contribution in [3.05, 3.63) is 35.1 Å². The summed E-state index contributed by atoms with van der Waals surface area (Å²) < 4.78 is 13.1. The monoisotopic (exact) mass is 234 g/mol. The molecule has 88 valence electrons. The van der Waals surface area contributed by atoms with Crippen molar-refractivity contribution in [3.63, 3.8) is 0 Å². The van der Waals surface area contributed by atoms with Crippen LogP contribution in [0, 0.1) is 5.82 Å². The Morgan fingerprint density at radius 3 is 3.06 bits per heavy atom. The van der Waals surface area contributed by atoms with E-state index in [1.807, 2.05) is 0 Å². The minimum absolute atomic E-state index is 0.00935. The second-order valence-corrected chi connectivity index (χ2v) is 4.36. The molecule has 1 unspecified atom stereocenters. The Labute approximate surface area is 97.3 Å². The molecule has 1 saturated heterocycles. The molecular weight excluding hydrogens is 223 g/mol. The van der Waals surface area contributed by atoms with Gasteiger partial charge in [0.15, 0.2) is 5.78 Å². The number of nitrogens with zero attached hydrogens (tertiary/aromatic N) is 2. The summed E-state index contributed by atoms with van der Waals surface area (Å²) in [5.41, 5.74) is 1.25. The molecule has 0 aromatic heterocycles. The zero-order valence-electron chi connectivity index (χ0n) is 9.06. The van der Waals surface area contributed by atoms with Crippen molar-refractivity contribution in [2.45, 2.75) is 25.4 Å². The molecule has 17 heavy (non-hydrogen) atoms. The van der Waals surface area contributed by atoms with Crippen LogP contribution in [0.25, 0.3) is 0 Å². The molecule has 0 aliphatic carbocycles. The van der Waals surface area contributed by atoms with Crippen LogP contribution < -0.4 is 0 Å². The quantitative estimate of drug-likeness (QED) is 0.550. The fourth-order valence-corrected chi connectivity index (χ4v) is 2.62. The molecule has 2 aliphatic heterocycles. The molecule has 1 N–H and O–H groups in total. The molecule has 1 aromatic carbocycles. The van der Waals surface area contributed by atoms with Crippen LogP contribution in [0.5, 0.6) is 0 Å². The number of hydrogen-bond acceptors (Lipinski definition) is 3. The summed E-state index contributed by atoms with van der Waals surface area (Å²) in [7, 11) is 0. The Morgan fingerprint density at radius 1 is 1.47 bits per heavy atom. The van der Waals surface area contributed by atoms with Crippen LogP contribution in [0.15, 0.2) is 23.4 Å². The Kier molecular flexibility index (Phi) is 2.14. The van der Waals surface area contributed by atoms with Crippen molar-refractivity contribution >= 4 is 11.6 Å². The molecule has 2 heterocycles. The maximum Gasteiger partial charge on any atom is 0.185 e. The third kappa shape index (κ3) is 1.42. The van der Waals surface area contributed by atoms with Gasteiger partial charge in [-0.3, -0.25) is 4.79 Å². The normalized spacial score (nSPS) is 25.0. The van der Waals surface area contributed by atoms with Gasteiger partial charge in [-0.1, -0.05) is 5.16 Å². The highest BCUT2D eigenvalue weighted by atomic mass is 19.1. The van der Waals surface area contributed by atoms with E-state index in [1.54, 1.807) is 11.0 Å². The summed E-state index contributed by atoms with van der Waals surface area (Å²) in [6.45, 7) is 0.433. The Bertz CT molecular complexity index is 527. The van der Waals surface area contributed by atoms with Gasteiger partial charge in [-0.25, -0.2) is 4.39 Å². The molecule has 1 aromatic rings. The molecule has 0 amide bonds. The first-order chi connectivity index (χ1) is 8.20. The van der Waals surface area contributed by atoms with E-state index < -0.39 is 0 Å². The number of Topliss-reactive ketones (excluding diaryl/α,β-unsaturated/α-hetero) is 1. The molecular formula is C12H11FN2O2. The smallest absolute Gasteiger partial charge is 0.185 e. The van der Waals surface area contributed by atoms with Gasteiger partial charge in [0, 0.05) is 18.5 Å². The molecule has 4 nitrogen and oxygen atoms in total. The van der Waals surface area contributed by atoms with Gasteiger partial charge in [-0.05, 0) is 30.2 Å². The predicted molar refractivity (Wildman–Crippen MR) is 58.5 cm³/mol. The van der Waals surface area contributed by atoms with E-state index in [9.17, 15) is 9.18 Å². The van der Waals surface area contributed by atoms with Gasteiger partial charge in [0.25, 0.3) is 0 Å². The first-order valence-electron chi connectivity index (χ1n) is 5.51. The average molecular weight is 234 g/mol. The maximum atomic E-state index is 13.1. The molecule has 0 bridgehead atoms. The summed E-state index contributed by atoms with van der Waals surface area (Å²) >= 11 is 0. The minimum atomic E-state index is -0.350. The van der Waals surface area contributed by atoms with E-state index in [1.165, 1.54) is 12.1 Å². The fraction of sp³-hybridized carbons (Fsp3) is 0.333. The highest BCUT2D eigenvalue weighted by Crippen LogP contribution is 2.31. The Morgan fingerprint density at radius 2 is 2.29 bits per heavy atom. The number of ketones is 1. The van der Waals surface area contributed by atoms with Gasteiger partial charge in [0.2, 0.25) is 0 Å². The van der Waals surface area contributed by atoms with Crippen LogP contribution in [0.3, 0.4) is 0 Å². The third-order valence-electron chi connectivity index (χ3n) is 3.44. The average Bonchev–Trinajstić information content (AvgIpc) is 2.72. The van der Waals surface area contributed by atoms with Gasteiger partial charge >= 0.3 is 0 Å². The van der Waals surface area contributed by atoms with E-state index in [4.69, 9.17) is 5.21 Å². The molecule has 0 radical (unpaired) electrons. The lowest BCUT2D eigenvalue weighted by atomic mass is 9.93. The zero-order valence-corrected chi connectivity index (χ0v) is 9.06. The highest BCUT2D eigenvalue weighted by Gasteiger charge is 2.39. The van der Waals surface area contributed by atoms with Gasteiger partial charge in [0.05, 0.1) is 6.04 Å². The molecule has 0 saturated carbocycles. The van der Waals surface area contributed by atoms with Crippen LogP contribution in [-0.2, 0) is 6.54 Å². The van der Waals surface area contributed by atoms with Crippen molar-refractivity contribution in [2.24, 2.45) is 5.16 Å². The van der Waals surface area contributed by atoms with Crippen LogP contribution in [0.2, 0.25) is 0 Å². The van der Waals surface area contributed by atoms with Crippen LogP contribution in [0.4, 0.5) is 4.39 Å². The number of hydrogen-bond donors (Lipinski definition) is 1. The van der Waals surface area contributed by atoms with Crippen molar-refractivity contribution in [1.82, 2.24) is 4.90 Å². The predicted octanol–water partition coefficient (Wildman–Crippen LogP) is 1.77. The third-order valence-corrected chi connectivity index (χ3v) is 3.44. The Balaban J connectivity index is 2.08. The summed E-state index contributed by atoms with van der Waals surface area (Å²) in [6.07, 6.45) is 1.25. The lowest BCUT2D eigenvalue weighted by molar-refractivity contribution is 0.0872. The van der Waals surface area contributed by atoms with Crippen LogP contribution >= 0.6 is 0 Å². The van der Waals surface area contributed by atoms with Crippen molar-refractivity contribution < 1.29 is 14.4 Å². The van der Waals surface area contributed by atoms with E-state index in [-0.39, 0.29) is 17.6 Å². The number of carbonyl (C=O) groups excluding carboxylic acids is 1. The largest absolute Gasteiger partial charge is 0.409 e. The van der Waals surface area contributed by atoms with Gasteiger partial charge in [-0.15, -0.1) is 0 Å². The van der Waals surface area contributed by atoms with Crippen LogP contribution in [-0.4, -0.2) is 27.8 Å². The summed E-state index contributed by atoms with van der Waals surface area (Å²) in [6, 6.07) is 3.97. The Hall–Kier alpha value is -1.91. The number of amidine groups is 1. The summed E-state index contributed by atoms with van der Waals surface area (Å²) in [5.74, 6) is 0.153. The molecule has 1 fully saturated rings. The lowest BCUT2D eigenvalue weighted by Crippen LogP contribution is -2.42. The second kappa shape index (κ2) is 3.55. The summed E-state index contributed by atoms with van der Waals surface area (Å²) in [5, 5.41) is 12.1. The van der Waals surface area contributed by atoms with Crippen molar-refractivity contribution in [1.29, 1.82) is 0 Å². The minimum Gasteiger partial charge on any atom is -0.409 e. The van der Waals surface area contributed by atoms with E-state index in [0.717, 1.165) is 0 Å². The van der Waals surface area contributed by atoms with Gasteiger partial charge < -0.3 is 10.1 Å². The fourth-order valence-electron chi connectivity index (χ4n) is 2.62. The lowest BCUT2D eigenvalue weighted by Gasteiger charge is -2.31. The van der Waals surface area contributed by atoms with E-state index in [2.05, 4.69) is 5.16 Å². The van der Waals surface area contributed by atoms with E-state index >= 15 is 0 Å². The number of carbonyl (C=O) groups is 1. The van der Waals surface area contributed by atoms with Gasteiger partial charge in [0.1, 0.15) is 11.7 Å². The molecule has 2 aliphatic rings. The second-order valence-electron chi connectivity index (χ2n) is 4.36. The zero-order chi connectivity index (χ0) is 12.0. The number of benzene rings is 1. The molecule has 0 spiro atoms. The molecule has 5 heteroatoms. The molecule has 3 rings (SSSR count). The standard InChI is InChI=1S/C12H11FN2O2/c13-8-1-2-9-7(5-8)6-15-10(12(9)16)3-4-11(15)14-17/h1-2,5,10,17H,3-4,6H2/b14-11+. The number of rotatable bonds is 0. The maximum absolute atomic E-state index is 13.1.